The molecule has 0 aliphatic carbocycles. The van der Waals surface area contributed by atoms with Gasteiger partial charge in [-0.15, -0.1) is 0 Å². The molecule has 1 aromatic carbocycles. The molecule has 0 radical (unpaired) electrons. The maximum absolute atomic E-state index is 12.8. The Kier molecular flexibility index (Phi) is 6.82. The fourth-order valence-electron chi connectivity index (χ4n) is 1.73. The zero-order valence-corrected chi connectivity index (χ0v) is 13.6. The van der Waals surface area contributed by atoms with Crippen LogP contribution in [0, 0.1) is 5.82 Å². The third kappa shape index (κ3) is 7.61. The van der Waals surface area contributed by atoms with Gasteiger partial charge in [-0.25, -0.2) is 4.39 Å². The minimum atomic E-state index is -0.502. The number of guanidine groups is 1. The van der Waals surface area contributed by atoms with Crippen LogP contribution in [0.5, 0.6) is 0 Å². The number of rotatable bonds is 5. The minimum absolute atomic E-state index is 0.0491. The highest BCUT2D eigenvalue weighted by Crippen LogP contribution is 2.06. The van der Waals surface area contributed by atoms with Gasteiger partial charge in [-0.1, -0.05) is 12.1 Å². The fraction of sp³-hybridized carbons (Fsp3) is 0.500. The van der Waals surface area contributed by atoms with E-state index < -0.39 is 5.60 Å². The first-order valence-electron chi connectivity index (χ1n) is 7.21. The van der Waals surface area contributed by atoms with Gasteiger partial charge in [-0.2, -0.15) is 0 Å². The lowest BCUT2D eigenvalue weighted by molar-refractivity contribution is -0.153. The fourth-order valence-corrected chi connectivity index (χ4v) is 1.73. The summed E-state index contributed by atoms with van der Waals surface area (Å²) in [6.45, 7) is 6.13. The van der Waals surface area contributed by atoms with E-state index in [1.807, 2.05) is 20.8 Å². The molecule has 1 rings (SSSR count). The van der Waals surface area contributed by atoms with Crippen molar-refractivity contribution in [3.8, 4) is 0 Å². The Balaban J connectivity index is 2.31. The second kappa shape index (κ2) is 8.36. The summed E-state index contributed by atoms with van der Waals surface area (Å²) in [5, 5.41) is 5.98. The van der Waals surface area contributed by atoms with E-state index in [1.54, 1.807) is 19.2 Å². The summed E-state index contributed by atoms with van der Waals surface area (Å²) in [7, 11) is 1.63. The van der Waals surface area contributed by atoms with Crippen LogP contribution in [0.15, 0.2) is 29.3 Å². The van der Waals surface area contributed by atoms with Crippen molar-refractivity contribution in [3.05, 3.63) is 35.6 Å². The Bertz CT molecular complexity index is 507. The summed E-state index contributed by atoms with van der Waals surface area (Å²) < 4.78 is 18.0. The Morgan fingerprint density at radius 2 is 1.86 bits per heavy atom. The smallest absolute Gasteiger partial charge is 0.325 e. The van der Waals surface area contributed by atoms with E-state index in [4.69, 9.17) is 4.74 Å². The van der Waals surface area contributed by atoms with E-state index in [0.717, 1.165) is 12.0 Å². The first-order chi connectivity index (χ1) is 10.3. The Morgan fingerprint density at radius 3 is 2.41 bits per heavy atom. The molecule has 22 heavy (non-hydrogen) atoms. The zero-order chi connectivity index (χ0) is 16.6. The molecule has 0 fully saturated rings. The number of hydrogen-bond donors (Lipinski definition) is 2. The van der Waals surface area contributed by atoms with Gasteiger partial charge in [0.05, 0.1) is 0 Å². The minimum Gasteiger partial charge on any atom is -0.459 e. The molecule has 0 amide bonds. The predicted octanol–water partition coefficient (Wildman–Crippen LogP) is 1.87. The lowest BCUT2D eigenvalue weighted by atomic mass is 10.1. The van der Waals surface area contributed by atoms with E-state index in [0.29, 0.717) is 12.5 Å². The number of carbonyl (C=O) groups is 1. The molecular weight excluding hydrogens is 285 g/mol. The predicted molar refractivity (Wildman–Crippen MR) is 85.3 cm³/mol. The molecule has 122 valence electrons. The van der Waals surface area contributed by atoms with E-state index in [2.05, 4.69) is 15.6 Å². The molecule has 0 heterocycles. The highest BCUT2D eigenvalue weighted by Gasteiger charge is 2.16. The monoisotopic (exact) mass is 309 g/mol. The van der Waals surface area contributed by atoms with Gasteiger partial charge in [-0.05, 0) is 44.9 Å². The highest BCUT2D eigenvalue weighted by atomic mass is 19.1. The Labute approximate surface area is 131 Å². The maximum Gasteiger partial charge on any atom is 0.325 e. The Morgan fingerprint density at radius 1 is 1.23 bits per heavy atom. The van der Waals surface area contributed by atoms with Crippen molar-refractivity contribution in [2.45, 2.75) is 32.8 Å². The van der Waals surface area contributed by atoms with Crippen LogP contribution in [0.2, 0.25) is 0 Å². The van der Waals surface area contributed by atoms with Crippen LogP contribution >= 0.6 is 0 Å². The van der Waals surface area contributed by atoms with Crippen molar-refractivity contribution < 1.29 is 13.9 Å². The van der Waals surface area contributed by atoms with Gasteiger partial charge in [0.1, 0.15) is 18.0 Å². The number of ether oxygens (including phenoxy) is 1. The summed E-state index contributed by atoms with van der Waals surface area (Å²) in [6, 6.07) is 6.36. The average Bonchev–Trinajstić information content (AvgIpc) is 2.42. The van der Waals surface area contributed by atoms with Gasteiger partial charge in [0.2, 0.25) is 0 Å². The summed E-state index contributed by atoms with van der Waals surface area (Å²) in [4.78, 5) is 15.6. The number of aliphatic imine (C=N–C) groups is 1. The SMILES string of the molecule is CN=C(NCCc1ccc(F)cc1)NCC(=O)OC(C)(C)C. The van der Waals surface area contributed by atoms with Crippen molar-refractivity contribution in [2.75, 3.05) is 20.1 Å². The zero-order valence-electron chi connectivity index (χ0n) is 13.6. The molecule has 0 saturated heterocycles. The Hall–Kier alpha value is -2.11. The number of carbonyl (C=O) groups excluding carboxylic acids is 1. The van der Waals surface area contributed by atoms with Gasteiger partial charge in [-0.3, -0.25) is 9.79 Å². The molecule has 2 N–H and O–H groups in total. The van der Waals surface area contributed by atoms with Crippen molar-refractivity contribution in [2.24, 2.45) is 4.99 Å². The van der Waals surface area contributed by atoms with Crippen LogP contribution in [0.3, 0.4) is 0 Å². The molecule has 6 heteroatoms. The molecule has 0 spiro atoms. The topological polar surface area (TPSA) is 62.7 Å². The summed E-state index contributed by atoms with van der Waals surface area (Å²) in [5.74, 6) is -0.0616. The molecule has 0 aliphatic heterocycles. The number of nitrogens with zero attached hydrogens (tertiary/aromatic N) is 1. The van der Waals surface area contributed by atoms with Crippen molar-refractivity contribution in [1.82, 2.24) is 10.6 Å². The van der Waals surface area contributed by atoms with Crippen LogP contribution in [0.25, 0.3) is 0 Å². The highest BCUT2D eigenvalue weighted by molar-refractivity contribution is 5.84. The van der Waals surface area contributed by atoms with E-state index in [1.165, 1.54) is 12.1 Å². The standard InChI is InChI=1S/C16H24FN3O2/c1-16(2,3)22-14(21)11-20-15(18-4)19-10-9-12-5-7-13(17)8-6-12/h5-8H,9-11H2,1-4H3,(H2,18,19,20). The third-order valence-electron chi connectivity index (χ3n) is 2.66. The molecule has 0 bridgehead atoms. The second-order valence-corrected chi connectivity index (χ2v) is 5.82. The number of hydrogen-bond acceptors (Lipinski definition) is 3. The van der Waals surface area contributed by atoms with Crippen molar-refractivity contribution in [3.63, 3.8) is 0 Å². The van der Waals surface area contributed by atoms with Gasteiger partial charge in [0.15, 0.2) is 5.96 Å². The maximum atomic E-state index is 12.8. The molecule has 0 atom stereocenters. The van der Waals surface area contributed by atoms with Crippen molar-refractivity contribution >= 4 is 11.9 Å². The lowest BCUT2D eigenvalue weighted by Gasteiger charge is -2.20. The van der Waals surface area contributed by atoms with Crippen LogP contribution in [0.1, 0.15) is 26.3 Å². The molecule has 0 aliphatic rings. The quantitative estimate of drug-likeness (QED) is 0.495. The van der Waals surface area contributed by atoms with Crippen LogP contribution < -0.4 is 10.6 Å². The van der Waals surface area contributed by atoms with Gasteiger partial charge < -0.3 is 15.4 Å². The third-order valence-corrected chi connectivity index (χ3v) is 2.66. The summed E-state index contributed by atoms with van der Waals surface area (Å²) in [6.07, 6.45) is 0.730. The van der Waals surface area contributed by atoms with E-state index in [9.17, 15) is 9.18 Å². The normalized spacial score (nSPS) is 12.0. The average molecular weight is 309 g/mol. The molecular formula is C16H24FN3O2. The number of halogens is 1. The first kappa shape index (κ1) is 17.9. The number of nitrogens with one attached hydrogen (secondary N) is 2. The molecule has 5 nitrogen and oxygen atoms in total. The first-order valence-corrected chi connectivity index (χ1v) is 7.21. The van der Waals surface area contributed by atoms with Crippen molar-refractivity contribution in [1.29, 1.82) is 0 Å². The van der Waals surface area contributed by atoms with Gasteiger partial charge >= 0.3 is 5.97 Å². The van der Waals surface area contributed by atoms with Gasteiger partial charge in [0, 0.05) is 13.6 Å². The summed E-state index contributed by atoms with van der Waals surface area (Å²) in [5.41, 5.74) is 0.523. The second-order valence-electron chi connectivity index (χ2n) is 5.82. The van der Waals surface area contributed by atoms with Crippen LogP contribution in [0.4, 0.5) is 4.39 Å². The van der Waals surface area contributed by atoms with Crippen LogP contribution in [-0.2, 0) is 16.0 Å². The molecule has 0 saturated carbocycles. The van der Waals surface area contributed by atoms with E-state index in [-0.39, 0.29) is 18.3 Å². The molecule has 1 aromatic rings. The largest absolute Gasteiger partial charge is 0.459 e. The number of benzene rings is 1. The number of esters is 1. The van der Waals surface area contributed by atoms with Gasteiger partial charge in [0.25, 0.3) is 0 Å². The molecule has 0 aromatic heterocycles. The van der Waals surface area contributed by atoms with Crippen LogP contribution in [-0.4, -0.2) is 37.7 Å². The summed E-state index contributed by atoms with van der Waals surface area (Å²) >= 11 is 0. The van der Waals surface area contributed by atoms with E-state index >= 15 is 0 Å². The lowest BCUT2D eigenvalue weighted by Crippen LogP contribution is -2.42. The molecule has 0 unspecified atom stereocenters.